The van der Waals surface area contributed by atoms with Gasteiger partial charge in [-0.2, -0.15) is 5.26 Å². The van der Waals surface area contributed by atoms with Gasteiger partial charge in [-0.1, -0.05) is 0 Å². The molecule has 0 spiro atoms. The highest BCUT2D eigenvalue weighted by Crippen LogP contribution is 2.16. The second-order valence-electron chi connectivity index (χ2n) is 4.93. The molecule has 0 aromatic heterocycles. The lowest BCUT2D eigenvalue weighted by Gasteiger charge is -2.22. The Morgan fingerprint density at radius 3 is 2.85 bits per heavy atom. The number of nitriles is 1. The van der Waals surface area contributed by atoms with Gasteiger partial charge >= 0.3 is 0 Å². The molecule has 0 bridgehead atoms. The van der Waals surface area contributed by atoms with Crippen molar-refractivity contribution >= 4 is 10.0 Å². The summed E-state index contributed by atoms with van der Waals surface area (Å²) in [6.45, 7) is 2.71. The molecule has 0 aliphatic carbocycles. The molecule has 1 aliphatic heterocycles. The van der Waals surface area contributed by atoms with E-state index in [9.17, 15) is 8.42 Å². The second-order valence-corrected chi connectivity index (χ2v) is 6.70. The predicted octanol–water partition coefficient (Wildman–Crippen LogP) is 1.71. The summed E-state index contributed by atoms with van der Waals surface area (Å²) in [6.07, 6.45) is 2.95. The maximum absolute atomic E-state index is 12.2. The molecule has 6 heteroatoms. The first kappa shape index (κ1) is 15.0. The molecule has 1 aliphatic rings. The molecule has 1 unspecified atom stereocenters. The number of sulfonamides is 1. The lowest BCUT2D eigenvalue weighted by Crippen LogP contribution is -2.35. The molecular weight excluding hydrogens is 276 g/mol. The quantitative estimate of drug-likeness (QED) is 0.917. The van der Waals surface area contributed by atoms with E-state index >= 15 is 0 Å². The minimum Gasteiger partial charge on any atom is -0.377 e. The van der Waals surface area contributed by atoms with Crippen molar-refractivity contribution in [2.45, 2.75) is 37.2 Å². The van der Waals surface area contributed by atoms with Crippen LogP contribution in [0.15, 0.2) is 23.1 Å². The third-order valence-corrected chi connectivity index (χ3v) is 4.82. The van der Waals surface area contributed by atoms with Crippen molar-refractivity contribution in [3.8, 4) is 6.07 Å². The van der Waals surface area contributed by atoms with Gasteiger partial charge in [-0.25, -0.2) is 13.1 Å². The second kappa shape index (κ2) is 6.35. The van der Waals surface area contributed by atoms with E-state index in [-0.39, 0.29) is 11.0 Å². The SMILES string of the molecule is Cc1cc(S(=O)(=O)NCC2CCCCO2)ccc1C#N. The summed E-state index contributed by atoms with van der Waals surface area (Å²) in [4.78, 5) is 0.185. The molecule has 1 aromatic carbocycles. The van der Waals surface area contributed by atoms with Crippen LogP contribution in [0, 0.1) is 18.3 Å². The third-order valence-electron chi connectivity index (χ3n) is 3.40. The van der Waals surface area contributed by atoms with E-state index in [1.165, 1.54) is 18.2 Å². The Bertz CT molecular complexity index is 614. The number of hydrogen-bond donors (Lipinski definition) is 1. The average molecular weight is 294 g/mol. The highest BCUT2D eigenvalue weighted by molar-refractivity contribution is 7.89. The number of aryl methyl sites for hydroxylation is 1. The highest BCUT2D eigenvalue weighted by Gasteiger charge is 2.19. The Morgan fingerprint density at radius 1 is 1.45 bits per heavy atom. The molecule has 0 amide bonds. The summed E-state index contributed by atoms with van der Waals surface area (Å²) in [5.41, 5.74) is 1.14. The van der Waals surface area contributed by atoms with Crippen molar-refractivity contribution in [1.82, 2.24) is 4.72 Å². The van der Waals surface area contributed by atoms with Crippen LogP contribution < -0.4 is 4.72 Å². The molecule has 1 aromatic rings. The first-order valence-electron chi connectivity index (χ1n) is 6.65. The third kappa shape index (κ3) is 3.57. The smallest absolute Gasteiger partial charge is 0.240 e. The van der Waals surface area contributed by atoms with E-state index in [4.69, 9.17) is 10.00 Å². The number of nitrogens with one attached hydrogen (secondary N) is 1. The van der Waals surface area contributed by atoms with Gasteiger partial charge in [-0.15, -0.1) is 0 Å². The molecule has 20 heavy (non-hydrogen) atoms. The molecular formula is C14H18N2O3S. The van der Waals surface area contributed by atoms with Crippen molar-refractivity contribution in [3.63, 3.8) is 0 Å². The monoisotopic (exact) mass is 294 g/mol. The van der Waals surface area contributed by atoms with Crippen LogP contribution in [0.1, 0.15) is 30.4 Å². The minimum atomic E-state index is -3.55. The Labute approximate surface area is 119 Å². The predicted molar refractivity (Wildman–Crippen MR) is 74.7 cm³/mol. The van der Waals surface area contributed by atoms with Gasteiger partial charge in [0.15, 0.2) is 0 Å². The molecule has 1 saturated heterocycles. The van der Waals surface area contributed by atoms with Crippen LogP contribution in [0.25, 0.3) is 0 Å². The summed E-state index contributed by atoms with van der Waals surface area (Å²) in [6, 6.07) is 6.52. The highest BCUT2D eigenvalue weighted by atomic mass is 32.2. The van der Waals surface area contributed by atoms with Crippen molar-refractivity contribution in [1.29, 1.82) is 5.26 Å². The molecule has 0 saturated carbocycles. The average Bonchev–Trinajstić information content (AvgIpc) is 2.46. The summed E-state index contributed by atoms with van der Waals surface area (Å²) in [7, 11) is -3.55. The lowest BCUT2D eigenvalue weighted by molar-refractivity contribution is 0.0200. The van der Waals surface area contributed by atoms with Crippen molar-refractivity contribution in [2.75, 3.05) is 13.2 Å². The molecule has 1 heterocycles. The first-order valence-corrected chi connectivity index (χ1v) is 8.13. The van der Waals surface area contributed by atoms with Gasteiger partial charge < -0.3 is 4.74 Å². The number of nitrogens with zero attached hydrogens (tertiary/aromatic N) is 1. The molecule has 1 N–H and O–H groups in total. The summed E-state index contributed by atoms with van der Waals surface area (Å²) in [5, 5.41) is 8.85. The van der Waals surface area contributed by atoms with Crippen LogP contribution in [-0.4, -0.2) is 27.7 Å². The molecule has 1 atom stereocenters. The number of hydrogen-bond acceptors (Lipinski definition) is 4. The van der Waals surface area contributed by atoms with Crippen LogP contribution in [0.5, 0.6) is 0 Å². The Balaban J connectivity index is 2.06. The van der Waals surface area contributed by atoms with Crippen LogP contribution in [0.4, 0.5) is 0 Å². The summed E-state index contributed by atoms with van der Waals surface area (Å²) >= 11 is 0. The number of benzene rings is 1. The Kier molecular flexibility index (Phi) is 4.76. The summed E-state index contributed by atoms with van der Waals surface area (Å²) < 4.78 is 32.4. The Morgan fingerprint density at radius 2 is 2.25 bits per heavy atom. The van der Waals surface area contributed by atoms with E-state index in [0.717, 1.165) is 19.3 Å². The van der Waals surface area contributed by atoms with Gasteiger partial charge in [0.25, 0.3) is 0 Å². The van der Waals surface area contributed by atoms with Crippen molar-refractivity contribution in [2.24, 2.45) is 0 Å². The first-order chi connectivity index (χ1) is 9.53. The topological polar surface area (TPSA) is 79.2 Å². The molecule has 0 radical (unpaired) electrons. The summed E-state index contributed by atoms with van der Waals surface area (Å²) in [5.74, 6) is 0. The maximum atomic E-state index is 12.2. The zero-order valence-electron chi connectivity index (χ0n) is 11.4. The number of ether oxygens (including phenoxy) is 1. The lowest BCUT2D eigenvalue weighted by atomic mass is 10.1. The normalized spacial score (nSPS) is 19.5. The molecule has 5 nitrogen and oxygen atoms in total. The van der Waals surface area contributed by atoms with Crippen LogP contribution in [0.3, 0.4) is 0 Å². The van der Waals surface area contributed by atoms with Crippen LogP contribution in [0.2, 0.25) is 0 Å². The minimum absolute atomic E-state index is 0.0435. The number of rotatable bonds is 4. The molecule has 1 fully saturated rings. The van der Waals surface area contributed by atoms with Gasteiger partial charge in [0.05, 0.1) is 22.6 Å². The fourth-order valence-corrected chi connectivity index (χ4v) is 3.33. The zero-order valence-corrected chi connectivity index (χ0v) is 12.2. The van der Waals surface area contributed by atoms with Gasteiger partial charge in [0.2, 0.25) is 10.0 Å². The van der Waals surface area contributed by atoms with Gasteiger partial charge in [0.1, 0.15) is 0 Å². The Hall–Kier alpha value is -1.42. The van der Waals surface area contributed by atoms with Gasteiger partial charge in [-0.05, 0) is 49.9 Å². The van der Waals surface area contributed by atoms with E-state index in [1.807, 2.05) is 6.07 Å². The van der Waals surface area contributed by atoms with Gasteiger partial charge in [0, 0.05) is 13.2 Å². The molecule has 2 rings (SSSR count). The van der Waals surface area contributed by atoms with E-state index in [2.05, 4.69) is 4.72 Å². The fraction of sp³-hybridized carbons (Fsp3) is 0.500. The van der Waals surface area contributed by atoms with E-state index < -0.39 is 10.0 Å². The van der Waals surface area contributed by atoms with Crippen LogP contribution in [-0.2, 0) is 14.8 Å². The van der Waals surface area contributed by atoms with E-state index in [0.29, 0.717) is 24.3 Å². The van der Waals surface area contributed by atoms with Gasteiger partial charge in [-0.3, -0.25) is 0 Å². The zero-order chi connectivity index (χ0) is 14.6. The van der Waals surface area contributed by atoms with Crippen molar-refractivity contribution in [3.05, 3.63) is 29.3 Å². The van der Waals surface area contributed by atoms with Crippen LogP contribution >= 0.6 is 0 Å². The standard InChI is InChI=1S/C14H18N2O3S/c1-11-8-14(6-5-12(11)9-15)20(17,18)16-10-13-4-2-3-7-19-13/h5-6,8,13,16H,2-4,7,10H2,1H3. The fourth-order valence-electron chi connectivity index (χ4n) is 2.18. The maximum Gasteiger partial charge on any atom is 0.240 e. The largest absolute Gasteiger partial charge is 0.377 e. The van der Waals surface area contributed by atoms with Crippen molar-refractivity contribution < 1.29 is 13.2 Å². The molecule has 108 valence electrons. The van der Waals surface area contributed by atoms with E-state index in [1.54, 1.807) is 6.92 Å².